The Hall–Kier alpha value is -1.20. The van der Waals surface area contributed by atoms with Crippen LogP contribution in [0, 0.1) is 0 Å². The van der Waals surface area contributed by atoms with Gasteiger partial charge in [-0.3, -0.25) is 5.84 Å². The minimum absolute atomic E-state index is 0.440. The Bertz CT molecular complexity index is 371. The van der Waals surface area contributed by atoms with E-state index >= 15 is 0 Å². The van der Waals surface area contributed by atoms with Gasteiger partial charge in [-0.1, -0.05) is 18.2 Å². The molecule has 0 aliphatic carbocycles. The molecule has 0 spiro atoms. The van der Waals surface area contributed by atoms with Crippen molar-refractivity contribution < 1.29 is 13.5 Å². The van der Waals surface area contributed by atoms with Gasteiger partial charge in [0.05, 0.1) is 6.61 Å². The number of nitrogens with one attached hydrogen (secondary N) is 1. The molecule has 3 nitrogen and oxygen atoms in total. The number of para-hydroxylation sites is 1. The number of benzene rings is 1. The van der Waals surface area contributed by atoms with Gasteiger partial charge in [-0.15, -0.1) is 0 Å². The molecule has 1 heterocycles. The van der Waals surface area contributed by atoms with Crippen molar-refractivity contribution in [3.05, 3.63) is 29.3 Å². The summed E-state index contributed by atoms with van der Waals surface area (Å²) in [5.74, 6) is 5.72. The highest BCUT2D eigenvalue weighted by molar-refractivity contribution is 5.44. The van der Waals surface area contributed by atoms with Crippen molar-refractivity contribution in [2.45, 2.75) is 25.3 Å². The van der Waals surface area contributed by atoms with Gasteiger partial charge in [-0.05, 0) is 18.4 Å². The third-order valence-corrected chi connectivity index (χ3v) is 2.73. The van der Waals surface area contributed by atoms with Gasteiger partial charge < -0.3 is 4.74 Å². The molecule has 5 heteroatoms. The lowest BCUT2D eigenvalue weighted by molar-refractivity contribution is 0.0964. The molecule has 1 aromatic carbocycles. The van der Waals surface area contributed by atoms with E-state index in [2.05, 4.69) is 5.43 Å². The standard InChI is InChI=1S/C11H14F2N2O/c12-11(13)9(15-14)8-5-1-3-7-4-2-6-16-10(7)8/h1,3,5,9,11,15H,2,4,6,14H2. The highest BCUT2D eigenvalue weighted by Gasteiger charge is 2.26. The molecule has 0 saturated carbocycles. The van der Waals surface area contributed by atoms with Crippen LogP contribution in [0.15, 0.2) is 18.2 Å². The van der Waals surface area contributed by atoms with Crippen molar-refractivity contribution in [3.8, 4) is 5.75 Å². The monoisotopic (exact) mass is 228 g/mol. The fourth-order valence-corrected chi connectivity index (χ4v) is 1.96. The van der Waals surface area contributed by atoms with Crippen LogP contribution in [0.2, 0.25) is 0 Å². The first-order chi connectivity index (χ1) is 7.74. The van der Waals surface area contributed by atoms with E-state index in [0.717, 1.165) is 18.4 Å². The molecule has 0 aromatic heterocycles. The Morgan fingerprint density at radius 1 is 1.38 bits per heavy atom. The Morgan fingerprint density at radius 2 is 2.19 bits per heavy atom. The number of aryl methyl sites for hydroxylation is 1. The molecule has 88 valence electrons. The molecule has 2 rings (SSSR count). The van der Waals surface area contributed by atoms with Crippen LogP contribution in [0.4, 0.5) is 8.78 Å². The summed E-state index contributed by atoms with van der Waals surface area (Å²) >= 11 is 0. The minimum Gasteiger partial charge on any atom is -0.493 e. The summed E-state index contributed by atoms with van der Waals surface area (Å²) in [5, 5.41) is 0. The van der Waals surface area contributed by atoms with Gasteiger partial charge >= 0.3 is 0 Å². The van der Waals surface area contributed by atoms with E-state index in [1.165, 1.54) is 0 Å². The predicted molar refractivity (Wildman–Crippen MR) is 56.3 cm³/mol. The van der Waals surface area contributed by atoms with Gasteiger partial charge in [-0.25, -0.2) is 14.2 Å². The van der Waals surface area contributed by atoms with Crippen LogP contribution in [0.1, 0.15) is 23.6 Å². The van der Waals surface area contributed by atoms with Gasteiger partial charge in [0.2, 0.25) is 0 Å². The Morgan fingerprint density at radius 3 is 2.88 bits per heavy atom. The number of hydrogen-bond acceptors (Lipinski definition) is 3. The maximum absolute atomic E-state index is 12.8. The number of nitrogens with two attached hydrogens (primary N) is 1. The van der Waals surface area contributed by atoms with Crippen LogP contribution in [0.25, 0.3) is 0 Å². The van der Waals surface area contributed by atoms with Crippen LogP contribution in [0.3, 0.4) is 0 Å². The second-order valence-electron chi connectivity index (χ2n) is 3.77. The first kappa shape index (κ1) is 11.3. The topological polar surface area (TPSA) is 47.3 Å². The summed E-state index contributed by atoms with van der Waals surface area (Å²) in [6.07, 6.45) is -0.766. The van der Waals surface area contributed by atoms with E-state index in [1.54, 1.807) is 12.1 Å². The molecular formula is C11H14F2N2O. The first-order valence-corrected chi connectivity index (χ1v) is 5.23. The number of rotatable bonds is 3. The molecule has 3 N–H and O–H groups in total. The second-order valence-corrected chi connectivity index (χ2v) is 3.77. The van der Waals surface area contributed by atoms with E-state index in [9.17, 15) is 8.78 Å². The van der Waals surface area contributed by atoms with Crippen LogP contribution in [-0.2, 0) is 6.42 Å². The van der Waals surface area contributed by atoms with Crippen molar-refractivity contribution >= 4 is 0 Å². The van der Waals surface area contributed by atoms with Crippen LogP contribution in [-0.4, -0.2) is 13.0 Å². The van der Waals surface area contributed by atoms with Crippen molar-refractivity contribution in [2.24, 2.45) is 5.84 Å². The summed E-state index contributed by atoms with van der Waals surface area (Å²) < 4.78 is 31.0. The second kappa shape index (κ2) is 4.76. The lowest BCUT2D eigenvalue weighted by Crippen LogP contribution is -2.33. The van der Waals surface area contributed by atoms with Crippen LogP contribution >= 0.6 is 0 Å². The van der Waals surface area contributed by atoms with Crippen molar-refractivity contribution in [2.75, 3.05) is 6.61 Å². The average molecular weight is 228 g/mol. The largest absolute Gasteiger partial charge is 0.493 e. The minimum atomic E-state index is -2.55. The lowest BCUT2D eigenvalue weighted by Gasteiger charge is -2.24. The third-order valence-electron chi connectivity index (χ3n) is 2.73. The number of alkyl halides is 2. The SMILES string of the molecule is NNC(c1cccc2c1OCCC2)C(F)F. The molecule has 0 bridgehead atoms. The average Bonchev–Trinajstić information content (AvgIpc) is 2.30. The normalized spacial score (nSPS) is 16.8. The zero-order valence-corrected chi connectivity index (χ0v) is 8.75. The van der Waals surface area contributed by atoms with Gasteiger partial charge in [0.15, 0.2) is 0 Å². The molecule has 0 saturated heterocycles. The Labute approximate surface area is 92.6 Å². The summed E-state index contributed by atoms with van der Waals surface area (Å²) in [4.78, 5) is 0. The smallest absolute Gasteiger partial charge is 0.259 e. The van der Waals surface area contributed by atoms with Gasteiger partial charge in [0, 0.05) is 5.56 Å². The number of ether oxygens (including phenoxy) is 1. The van der Waals surface area contributed by atoms with Gasteiger partial charge in [0.1, 0.15) is 11.8 Å². The molecule has 0 radical (unpaired) electrons. The molecule has 1 unspecified atom stereocenters. The van der Waals surface area contributed by atoms with E-state index in [1.807, 2.05) is 6.07 Å². The molecule has 1 aliphatic rings. The van der Waals surface area contributed by atoms with Crippen LogP contribution in [0.5, 0.6) is 5.75 Å². The quantitative estimate of drug-likeness (QED) is 0.612. The highest BCUT2D eigenvalue weighted by atomic mass is 19.3. The van der Waals surface area contributed by atoms with E-state index in [0.29, 0.717) is 17.9 Å². The Kier molecular flexibility index (Phi) is 3.36. The number of fused-ring (bicyclic) bond motifs is 1. The fraction of sp³-hybridized carbons (Fsp3) is 0.455. The number of halogens is 2. The molecule has 0 amide bonds. The Balaban J connectivity index is 2.39. The fourth-order valence-electron chi connectivity index (χ4n) is 1.96. The van der Waals surface area contributed by atoms with E-state index in [4.69, 9.17) is 10.6 Å². The summed E-state index contributed by atoms with van der Waals surface area (Å²) in [5.41, 5.74) is 3.55. The molecule has 1 atom stereocenters. The maximum Gasteiger partial charge on any atom is 0.259 e. The zero-order chi connectivity index (χ0) is 11.5. The first-order valence-electron chi connectivity index (χ1n) is 5.23. The highest BCUT2D eigenvalue weighted by Crippen LogP contribution is 2.34. The summed E-state index contributed by atoms with van der Waals surface area (Å²) in [6, 6.07) is 4.11. The lowest BCUT2D eigenvalue weighted by atomic mass is 9.98. The molecule has 1 aromatic rings. The van der Waals surface area contributed by atoms with Crippen molar-refractivity contribution in [1.82, 2.24) is 5.43 Å². The van der Waals surface area contributed by atoms with E-state index in [-0.39, 0.29) is 0 Å². The molecule has 16 heavy (non-hydrogen) atoms. The molecule has 0 fully saturated rings. The predicted octanol–water partition coefficient (Wildman–Crippen LogP) is 1.78. The van der Waals surface area contributed by atoms with E-state index < -0.39 is 12.5 Å². The van der Waals surface area contributed by atoms with Crippen molar-refractivity contribution in [1.29, 1.82) is 0 Å². The zero-order valence-electron chi connectivity index (χ0n) is 8.75. The molecular weight excluding hydrogens is 214 g/mol. The van der Waals surface area contributed by atoms with Gasteiger partial charge in [0.25, 0.3) is 6.43 Å². The number of hydrazine groups is 1. The maximum atomic E-state index is 12.8. The van der Waals surface area contributed by atoms with Crippen molar-refractivity contribution in [3.63, 3.8) is 0 Å². The summed E-state index contributed by atoms with van der Waals surface area (Å²) in [6.45, 7) is 0.574. The van der Waals surface area contributed by atoms with Crippen LogP contribution < -0.4 is 16.0 Å². The summed E-state index contributed by atoms with van der Waals surface area (Å²) in [7, 11) is 0. The number of hydrogen-bond donors (Lipinski definition) is 2. The van der Waals surface area contributed by atoms with Gasteiger partial charge in [-0.2, -0.15) is 0 Å². The molecule has 1 aliphatic heterocycles. The third kappa shape index (κ3) is 2.01.